The molecule has 0 radical (unpaired) electrons. The quantitative estimate of drug-likeness (QED) is 0.794. The highest BCUT2D eigenvalue weighted by molar-refractivity contribution is 7.80. The third-order valence-electron chi connectivity index (χ3n) is 3.53. The Morgan fingerprint density at radius 3 is 2.70 bits per heavy atom. The number of benzene rings is 2. The van der Waals surface area contributed by atoms with E-state index in [2.05, 4.69) is 24.9 Å². The molecule has 1 N–H and O–H groups in total. The second-order valence-corrected chi connectivity index (χ2v) is 5.63. The van der Waals surface area contributed by atoms with E-state index in [0.29, 0.717) is 11.8 Å². The molecule has 0 heterocycles. The van der Waals surface area contributed by atoms with Crippen molar-refractivity contribution in [3.8, 4) is 5.75 Å². The fraction of sp³-hybridized carbons (Fsp3) is 0.211. The van der Waals surface area contributed by atoms with E-state index in [0.717, 1.165) is 28.1 Å². The topological polar surface area (TPSA) is 30.5 Å². The van der Waals surface area contributed by atoms with E-state index in [4.69, 9.17) is 21.7 Å². The van der Waals surface area contributed by atoms with Gasteiger partial charge in [-0.3, -0.25) is 0 Å². The minimum atomic E-state index is 0.312. The number of ether oxygens (including phenoxy) is 2. The minimum absolute atomic E-state index is 0.312. The lowest BCUT2D eigenvalue weighted by atomic mass is 10.1. The Morgan fingerprint density at radius 2 is 2.04 bits per heavy atom. The molecule has 0 aliphatic heterocycles. The molecule has 0 fully saturated rings. The van der Waals surface area contributed by atoms with Crippen LogP contribution in [0.3, 0.4) is 0 Å². The fourth-order valence-corrected chi connectivity index (χ4v) is 2.43. The van der Waals surface area contributed by atoms with E-state index in [1.165, 1.54) is 12.7 Å². The van der Waals surface area contributed by atoms with Crippen LogP contribution in [0.5, 0.6) is 5.75 Å². The van der Waals surface area contributed by atoms with Crippen molar-refractivity contribution in [2.24, 2.45) is 0 Å². The summed E-state index contributed by atoms with van der Waals surface area (Å²) in [6.07, 6.45) is 1.78. The Labute approximate surface area is 142 Å². The van der Waals surface area contributed by atoms with E-state index in [9.17, 15) is 0 Å². The molecule has 2 aromatic rings. The Morgan fingerprint density at radius 1 is 1.26 bits per heavy atom. The van der Waals surface area contributed by atoms with Gasteiger partial charge in [-0.05, 0) is 43.3 Å². The summed E-state index contributed by atoms with van der Waals surface area (Å²) in [5.41, 5.74) is 5.13. The van der Waals surface area contributed by atoms with Gasteiger partial charge in [0.1, 0.15) is 12.4 Å². The van der Waals surface area contributed by atoms with Gasteiger partial charge >= 0.3 is 0 Å². The molecule has 2 rings (SSSR count). The molecule has 0 saturated carbocycles. The van der Waals surface area contributed by atoms with Crippen LogP contribution in [-0.2, 0) is 11.3 Å². The predicted molar refractivity (Wildman–Crippen MR) is 100 cm³/mol. The molecule has 0 aromatic heterocycles. The predicted octanol–water partition coefficient (Wildman–Crippen LogP) is 4.87. The van der Waals surface area contributed by atoms with Crippen LogP contribution >= 0.6 is 12.2 Å². The highest BCUT2D eigenvalue weighted by Gasteiger charge is 2.10. The normalized spacial score (nSPS) is 10.0. The van der Waals surface area contributed by atoms with Crippen LogP contribution < -0.4 is 10.1 Å². The number of aryl methyl sites for hydroxylation is 2. The molecule has 0 aliphatic carbocycles. The molecule has 2 aromatic carbocycles. The molecule has 0 saturated heterocycles. The zero-order valence-electron chi connectivity index (χ0n) is 13.7. The maximum Gasteiger partial charge on any atom is 0.260 e. The van der Waals surface area contributed by atoms with E-state index in [1.54, 1.807) is 6.08 Å². The number of nitrogens with one attached hydrogen (secondary N) is 1. The van der Waals surface area contributed by atoms with Gasteiger partial charge in [0.25, 0.3) is 5.17 Å². The SMILES string of the molecule is C=Cc1cccc(COc2ccc(C)cc2C)c1NC(=S)OC. The maximum atomic E-state index is 5.97. The Bertz CT molecular complexity index is 725. The summed E-state index contributed by atoms with van der Waals surface area (Å²) in [5.74, 6) is 0.875. The summed E-state index contributed by atoms with van der Waals surface area (Å²) in [5, 5.41) is 3.41. The molecule has 0 unspecified atom stereocenters. The van der Waals surface area contributed by atoms with Crippen LogP contribution in [-0.4, -0.2) is 12.3 Å². The lowest BCUT2D eigenvalue weighted by Gasteiger charge is -2.16. The zero-order chi connectivity index (χ0) is 16.8. The smallest absolute Gasteiger partial charge is 0.260 e. The van der Waals surface area contributed by atoms with Crippen LogP contribution in [0.4, 0.5) is 5.69 Å². The van der Waals surface area contributed by atoms with Crippen molar-refractivity contribution in [2.75, 3.05) is 12.4 Å². The van der Waals surface area contributed by atoms with Crippen LogP contribution in [0, 0.1) is 13.8 Å². The van der Waals surface area contributed by atoms with Gasteiger partial charge in [-0.25, -0.2) is 0 Å². The highest BCUT2D eigenvalue weighted by Crippen LogP contribution is 2.26. The first kappa shape index (κ1) is 17.0. The van der Waals surface area contributed by atoms with E-state index < -0.39 is 0 Å². The number of anilines is 1. The molecule has 0 bridgehead atoms. The first-order valence-electron chi connectivity index (χ1n) is 7.34. The molecular formula is C19H21NO2S. The maximum absolute atomic E-state index is 5.97. The first-order chi connectivity index (χ1) is 11.0. The summed E-state index contributed by atoms with van der Waals surface area (Å²) in [6.45, 7) is 8.38. The van der Waals surface area contributed by atoms with Crippen molar-refractivity contribution in [3.63, 3.8) is 0 Å². The first-order valence-corrected chi connectivity index (χ1v) is 7.75. The molecule has 0 aliphatic rings. The number of methoxy groups -OCH3 is 1. The van der Waals surface area contributed by atoms with Gasteiger partial charge in [0.2, 0.25) is 0 Å². The largest absolute Gasteiger partial charge is 0.489 e. The second kappa shape index (κ2) is 7.79. The molecular weight excluding hydrogens is 306 g/mol. The van der Waals surface area contributed by atoms with Crippen molar-refractivity contribution < 1.29 is 9.47 Å². The minimum Gasteiger partial charge on any atom is -0.489 e. The average Bonchev–Trinajstić information content (AvgIpc) is 2.54. The monoisotopic (exact) mass is 327 g/mol. The van der Waals surface area contributed by atoms with Gasteiger partial charge in [-0.1, -0.05) is 48.6 Å². The molecule has 4 heteroatoms. The van der Waals surface area contributed by atoms with Gasteiger partial charge in [0.05, 0.1) is 12.8 Å². The lowest BCUT2D eigenvalue weighted by molar-refractivity contribution is 0.304. The molecule has 0 atom stereocenters. The number of para-hydroxylation sites is 1. The van der Waals surface area contributed by atoms with Crippen molar-refractivity contribution in [2.45, 2.75) is 20.5 Å². The van der Waals surface area contributed by atoms with Gasteiger partial charge in [0.15, 0.2) is 0 Å². The average molecular weight is 327 g/mol. The standard InChI is InChI=1S/C19H21NO2S/c1-5-15-7-6-8-16(18(15)20-19(23)21-4)12-22-17-10-9-13(2)11-14(17)3/h5-11H,1,12H2,2-4H3,(H,20,23). The van der Waals surface area contributed by atoms with Gasteiger partial charge < -0.3 is 14.8 Å². The van der Waals surface area contributed by atoms with Gasteiger partial charge in [-0.2, -0.15) is 0 Å². The molecule has 0 spiro atoms. The number of hydrogen-bond donors (Lipinski definition) is 1. The van der Waals surface area contributed by atoms with E-state index in [-0.39, 0.29) is 0 Å². The molecule has 0 amide bonds. The summed E-state index contributed by atoms with van der Waals surface area (Å²) in [4.78, 5) is 0. The Balaban J connectivity index is 2.24. The Kier molecular flexibility index (Phi) is 5.77. The third-order valence-corrected chi connectivity index (χ3v) is 3.80. The third kappa shape index (κ3) is 4.33. The van der Waals surface area contributed by atoms with Crippen molar-refractivity contribution in [1.29, 1.82) is 0 Å². The van der Waals surface area contributed by atoms with Crippen molar-refractivity contribution in [1.82, 2.24) is 0 Å². The Hall–Kier alpha value is -2.33. The van der Waals surface area contributed by atoms with Crippen molar-refractivity contribution in [3.05, 3.63) is 65.2 Å². The lowest BCUT2D eigenvalue weighted by Crippen LogP contribution is -2.14. The van der Waals surface area contributed by atoms with Crippen LogP contribution in [0.25, 0.3) is 6.08 Å². The van der Waals surface area contributed by atoms with Crippen molar-refractivity contribution >= 4 is 29.2 Å². The fourth-order valence-electron chi connectivity index (χ4n) is 2.33. The number of rotatable bonds is 5. The van der Waals surface area contributed by atoms with E-state index >= 15 is 0 Å². The number of thiocarbonyl (C=S) groups is 1. The summed E-state index contributed by atoms with van der Waals surface area (Å²) < 4.78 is 11.0. The second-order valence-electron chi connectivity index (χ2n) is 5.26. The zero-order valence-corrected chi connectivity index (χ0v) is 14.5. The van der Waals surface area contributed by atoms with E-state index in [1.807, 2.05) is 37.3 Å². The molecule has 3 nitrogen and oxygen atoms in total. The number of hydrogen-bond acceptors (Lipinski definition) is 3. The van der Waals surface area contributed by atoms with Crippen LogP contribution in [0.2, 0.25) is 0 Å². The van der Waals surface area contributed by atoms with Gasteiger partial charge in [-0.15, -0.1) is 0 Å². The summed E-state index contributed by atoms with van der Waals surface area (Å²) >= 11 is 5.11. The highest BCUT2D eigenvalue weighted by atomic mass is 32.1. The summed E-state index contributed by atoms with van der Waals surface area (Å²) in [6, 6.07) is 12.1. The summed E-state index contributed by atoms with van der Waals surface area (Å²) in [7, 11) is 1.54. The van der Waals surface area contributed by atoms with Crippen LogP contribution in [0.15, 0.2) is 43.0 Å². The van der Waals surface area contributed by atoms with Gasteiger partial charge in [0, 0.05) is 5.56 Å². The van der Waals surface area contributed by atoms with Crippen LogP contribution in [0.1, 0.15) is 22.3 Å². The molecule has 23 heavy (non-hydrogen) atoms. The molecule has 120 valence electrons.